The standard InChI is InChI=1S/C14H15ClN4O2S/c15-11-5-1-2-6-12(11)21-10-4-3-7-19(8-10)14(20)17-13-18-16-9-22-13/h1-2,5-6,9-10H,3-4,7-8H2,(H,17,18,20). The molecule has 0 spiro atoms. The molecule has 0 bridgehead atoms. The molecule has 22 heavy (non-hydrogen) atoms. The van der Waals surface area contributed by atoms with Crippen molar-refractivity contribution in [3.05, 3.63) is 34.8 Å². The Bertz CT molecular complexity index is 638. The normalized spacial score (nSPS) is 18.0. The molecule has 6 nitrogen and oxygen atoms in total. The fraction of sp³-hybridized carbons (Fsp3) is 0.357. The van der Waals surface area contributed by atoms with Gasteiger partial charge in [0.25, 0.3) is 0 Å². The smallest absolute Gasteiger partial charge is 0.323 e. The molecular weight excluding hydrogens is 324 g/mol. The molecule has 1 aliphatic rings. The lowest BCUT2D eigenvalue weighted by Gasteiger charge is -2.32. The molecule has 1 saturated heterocycles. The number of hydrogen-bond acceptors (Lipinski definition) is 5. The van der Waals surface area contributed by atoms with Gasteiger partial charge in [-0.05, 0) is 25.0 Å². The zero-order chi connectivity index (χ0) is 15.4. The monoisotopic (exact) mass is 338 g/mol. The van der Waals surface area contributed by atoms with Crippen LogP contribution in [0.1, 0.15) is 12.8 Å². The van der Waals surface area contributed by atoms with Crippen LogP contribution < -0.4 is 10.1 Å². The molecule has 1 aliphatic heterocycles. The number of nitrogens with zero attached hydrogens (tertiary/aromatic N) is 3. The molecule has 1 aromatic heterocycles. The van der Waals surface area contributed by atoms with Crippen molar-refractivity contribution in [3.63, 3.8) is 0 Å². The zero-order valence-electron chi connectivity index (χ0n) is 11.7. The quantitative estimate of drug-likeness (QED) is 0.932. The second-order valence-electron chi connectivity index (χ2n) is 4.93. The summed E-state index contributed by atoms with van der Waals surface area (Å²) in [4.78, 5) is 13.9. The number of carbonyl (C=O) groups excluding carboxylic acids is 1. The van der Waals surface area contributed by atoms with E-state index in [2.05, 4.69) is 15.5 Å². The van der Waals surface area contributed by atoms with Crippen LogP contribution in [0.5, 0.6) is 5.75 Å². The fourth-order valence-corrected chi connectivity index (χ4v) is 2.95. The highest BCUT2D eigenvalue weighted by atomic mass is 35.5. The van der Waals surface area contributed by atoms with Crippen molar-refractivity contribution in [2.75, 3.05) is 18.4 Å². The van der Waals surface area contributed by atoms with Gasteiger partial charge >= 0.3 is 6.03 Å². The number of anilines is 1. The van der Waals surface area contributed by atoms with Gasteiger partial charge in [0.2, 0.25) is 5.13 Å². The van der Waals surface area contributed by atoms with E-state index in [-0.39, 0.29) is 12.1 Å². The molecular formula is C14H15ClN4O2S. The van der Waals surface area contributed by atoms with Crippen molar-refractivity contribution >= 4 is 34.1 Å². The predicted octanol–water partition coefficient (Wildman–Crippen LogP) is 3.27. The van der Waals surface area contributed by atoms with Gasteiger partial charge in [0.1, 0.15) is 17.4 Å². The van der Waals surface area contributed by atoms with Crippen LogP contribution in [-0.2, 0) is 0 Å². The van der Waals surface area contributed by atoms with Gasteiger partial charge in [0.15, 0.2) is 0 Å². The summed E-state index contributed by atoms with van der Waals surface area (Å²) >= 11 is 7.40. The summed E-state index contributed by atoms with van der Waals surface area (Å²) in [5.41, 5.74) is 1.58. The van der Waals surface area contributed by atoms with Gasteiger partial charge in [0.05, 0.1) is 11.6 Å². The molecule has 8 heteroatoms. The SMILES string of the molecule is O=C(Nc1nncs1)N1CCCC(Oc2ccccc2Cl)C1. The fourth-order valence-electron chi connectivity index (χ4n) is 2.34. The Balaban J connectivity index is 1.59. The summed E-state index contributed by atoms with van der Waals surface area (Å²) < 4.78 is 5.92. The minimum absolute atomic E-state index is 0.0613. The molecule has 3 rings (SSSR count). The maximum Gasteiger partial charge on any atom is 0.323 e. The van der Waals surface area contributed by atoms with E-state index in [9.17, 15) is 4.79 Å². The van der Waals surface area contributed by atoms with Gasteiger partial charge < -0.3 is 9.64 Å². The van der Waals surface area contributed by atoms with Crippen molar-refractivity contribution < 1.29 is 9.53 Å². The third kappa shape index (κ3) is 3.66. The second kappa shape index (κ2) is 6.93. The number of para-hydroxylation sites is 1. The number of halogens is 1. The molecule has 2 amide bonds. The summed E-state index contributed by atoms with van der Waals surface area (Å²) in [6, 6.07) is 7.19. The van der Waals surface area contributed by atoms with Gasteiger partial charge in [-0.2, -0.15) is 0 Å². The molecule has 0 aliphatic carbocycles. The molecule has 1 atom stereocenters. The van der Waals surface area contributed by atoms with E-state index < -0.39 is 0 Å². The van der Waals surface area contributed by atoms with Gasteiger partial charge in [-0.1, -0.05) is 35.1 Å². The Kier molecular flexibility index (Phi) is 4.74. The summed E-state index contributed by atoms with van der Waals surface area (Å²) in [6.07, 6.45) is 1.72. The number of amides is 2. The van der Waals surface area contributed by atoms with Gasteiger partial charge in [0, 0.05) is 6.54 Å². The first-order valence-corrected chi connectivity index (χ1v) is 8.21. The molecule has 1 fully saturated rings. The van der Waals surface area contributed by atoms with Crippen LogP contribution in [-0.4, -0.2) is 40.3 Å². The van der Waals surface area contributed by atoms with Crippen LogP contribution in [0.3, 0.4) is 0 Å². The van der Waals surface area contributed by atoms with Gasteiger partial charge in [-0.3, -0.25) is 5.32 Å². The Morgan fingerprint density at radius 1 is 1.45 bits per heavy atom. The van der Waals surface area contributed by atoms with Crippen molar-refractivity contribution in [1.29, 1.82) is 0 Å². The first kappa shape index (κ1) is 15.1. The summed E-state index contributed by atoms with van der Waals surface area (Å²) in [7, 11) is 0. The highest BCUT2D eigenvalue weighted by molar-refractivity contribution is 7.13. The van der Waals surface area contributed by atoms with Crippen LogP contribution in [0, 0.1) is 0 Å². The van der Waals surface area contributed by atoms with Crippen molar-refractivity contribution in [2.24, 2.45) is 0 Å². The lowest BCUT2D eigenvalue weighted by atomic mass is 10.1. The zero-order valence-corrected chi connectivity index (χ0v) is 13.3. The third-order valence-corrected chi connectivity index (χ3v) is 4.29. The van der Waals surface area contributed by atoms with Gasteiger partial charge in [-0.25, -0.2) is 4.79 Å². The summed E-state index contributed by atoms with van der Waals surface area (Å²) in [5.74, 6) is 0.653. The maximum absolute atomic E-state index is 12.2. The van der Waals surface area contributed by atoms with Crippen LogP contribution in [0.4, 0.5) is 9.93 Å². The number of likely N-dealkylation sites (tertiary alicyclic amines) is 1. The first-order chi connectivity index (χ1) is 10.7. The van der Waals surface area contributed by atoms with E-state index in [1.54, 1.807) is 16.5 Å². The van der Waals surface area contributed by atoms with E-state index in [1.165, 1.54) is 11.3 Å². The largest absolute Gasteiger partial charge is 0.487 e. The number of aromatic nitrogens is 2. The topological polar surface area (TPSA) is 67.4 Å². The molecule has 1 aromatic carbocycles. The number of urea groups is 1. The lowest BCUT2D eigenvalue weighted by Crippen LogP contribution is -2.46. The second-order valence-corrected chi connectivity index (χ2v) is 6.17. The minimum atomic E-state index is -0.177. The molecule has 1 N–H and O–H groups in total. The third-order valence-electron chi connectivity index (χ3n) is 3.37. The molecule has 116 valence electrons. The summed E-state index contributed by atoms with van der Waals surface area (Å²) in [5, 5.41) is 11.3. The number of piperidine rings is 1. The van der Waals surface area contributed by atoms with Crippen LogP contribution >= 0.6 is 22.9 Å². The van der Waals surface area contributed by atoms with Gasteiger partial charge in [-0.15, -0.1) is 10.2 Å². The molecule has 2 aromatic rings. The van der Waals surface area contributed by atoms with Crippen molar-refractivity contribution in [3.8, 4) is 5.75 Å². The number of rotatable bonds is 3. The van der Waals surface area contributed by atoms with E-state index in [1.807, 2.05) is 18.2 Å². The molecule has 2 heterocycles. The van der Waals surface area contributed by atoms with E-state index in [4.69, 9.17) is 16.3 Å². The first-order valence-electron chi connectivity index (χ1n) is 6.95. The Morgan fingerprint density at radius 2 is 2.32 bits per heavy atom. The number of carbonyl (C=O) groups is 1. The number of nitrogens with one attached hydrogen (secondary N) is 1. The summed E-state index contributed by atoms with van der Waals surface area (Å²) in [6.45, 7) is 1.23. The Morgan fingerprint density at radius 3 is 3.09 bits per heavy atom. The number of hydrogen-bond donors (Lipinski definition) is 1. The molecule has 1 unspecified atom stereocenters. The number of benzene rings is 1. The minimum Gasteiger partial charge on any atom is -0.487 e. The van der Waals surface area contributed by atoms with E-state index >= 15 is 0 Å². The van der Waals surface area contributed by atoms with Crippen molar-refractivity contribution in [1.82, 2.24) is 15.1 Å². The molecule has 0 radical (unpaired) electrons. The van der Waals surface area contributed by atoms with E-state index in [0.717, 1.165) is 12.8 Å². The van der Waals surface area contributed by atoms with Crippen LogP contribution in [0.15, 0.2) is 29.8 Å². The molecule has 0 saturated carbocycles. The number of ether oxygens (including phenoxy) is 1. The van der Waals surface area contributed by atoms with Crippen LogP contribution in [0.25, 0.3) is 0 Å². The average molecular weight is 339 g/mol. The highest BCUT2D eigenvalue weighted by Crippen LogP contribution is 2.26. The predicted molar refractivity (Wildman–Crippen MR) is 85.6 cm³/mol. The Labute approximate surface area is 137 Å². The van der Waals surface area contributed by atoms with Crippen molar-refractivity contribution in [2.45, 2.75) is 18.9 Å². The van der Waals surface area contributed by atoms with Crippen LogP contribution in [0.2, 0.25) is 5.02 Å². The highest BCUT2D eigenvalue weighted by Gasteiger charge is 2.25. The Hall–Kier alpha value is -1.86. The van der Waals surface area contributed by atoms with E-state index in [0.29, 0.717) is 29.0 Å². The maximum atomic E-state index is 12.2. The average Bonchev–Trinajstić information content (AvgIpc) is 3.03. The lowest BCUT2D eigenvalue weighted by molar-refractivity contribution is 0.106.